The van der Waals surface area contributed by atoms with E-state index in [2.05, 4.69) is 20.4 Å². The van der Waals surface area contributed by atoms with E-state index in [0.29, 0.717) is 18.1 Å². The van der Waals surface area contributed by atoms with Crippen molar-refractivity contribution in [2.45, 2.75) is 13.5 Å². The van der Waals surface area contributed by atoms with Crippen LogP contribution >= 0.6 is 0 Å². The number of nitrogen functional groups attached to an aromatic ring is 1. The van der Waals surface area contributed by atoms with Crippen LogP contribution in [0.1, 0.15) is 11.3 Å². The zero-order valence-electron chi connectivity index (χ0n) is 11.6. The van der Waals surface area contributed by atoms with Crippen molar-refractivity contribution in [3.8, 4) is 17.0 Å². The van der Waals surface area contributed by atoms with Gasteiger partial charge in [0.2, 0.25) is 0 Å². The topological polar surface area (TPSA) is 89.7 Å². The van der Waals surface area contributed by atoms with E-state index < -0.39 is 0 Å². The zero-order chi connectivity index (χ0) is 14.7. The van der Waals surface area contributed by atoms with Gasteiger partial charge in [-0.15, -0.1) is 5.10 Å². The van der Waals surface area contributed by atoms with Gasteiger partial charge in [0.15, 0.2) is 5.82 Å². The van der Waals surface area contributed by atoms with Crippen molar-refractivity contribution >= 4 is 5.82 Å². The number of pyridine rings is 1. The maximum Gasteiger partial charge on any atom is 0.173 e. The second-order valence-electron chi connectivity index (χ2n) is 4.68. The number of benzene rings is 1. The fourth-order valence-corrected chi connectivity index (χ4v) is 1.94. The maximum absolute atomic E-state index is 5.77. The molecule has 6 heteroatoms. The van der Waals surface area contributed by atoms with Gasteiger partial charge >= 0.3 is 0 Å². The van der Waals surface area contributed by atoms with Crippen LogP contribution in [0.15, 0.2) is 42.6 Å². The fraction of sp³-hybridized carbons (Fsp3) is 0.133. The van der Waals surface area contributed by atoms with E-state index >= 15 is 0 Å². The maximum atomic E-state index is 5.77. The van der Waals surface area contributed by atoms with Gasteiger partial charge in [0.1, 0.15) is 18.1 Å². The zero-order valence-corrected chi connectivity index (χ0v) is 11.6. The average molecular weight is 281 g/mol. The summed E-state index contributed by atoms with van der Waals surface area (Å²) >= 11 is 0. The minimum atomic E-state index is 0.370. The molecule has 6 nitrogen and oxygen atoms in total. The molecular formula is C15H15N5O. The molecule has 3 rings (SSSR count). The van der Waals surface area contributed by atoms with Crippen LogP contribution in [0.2, 0.25) is 0 Å². The van der Waals surface area contributed by atoms with Crippen LogP contribution in [0.25, 0.3) is 11.3 Å². The van der Waals surface area contributed by atoms with Gasteiger partial charge < -0.3 is 10.5 Å². The van der Waals surface area contributed by atoms with Crippen molar-refractivity contribution < 1.29 is 4.74 Å². The summed E-state index contributed by atoms with van der Waals surface area (Å²) in [5.74, 6) is 1.12. The van der Waals surface area contributed by atoms with Crippen LogP contribution in [0.4, 0.5) is 5.82 Å². The Morgan fingerprint density at radius 2 is 2.10 bits per heavy atom. The van der Waals surface area contributed by atoms with Gasteiger partial charge in [-0.25, -0.2) is 0 Å². The lowest BCUT2D eigenvalue weighted by atomic mass is 10.1. The van der Waals surface area contributed by atoms with Gasteiger partial charge in [-0.3, -0.25) is 4.98 Å². The number of aryl methyl sites for hydroxylation is 1. The molecule has 106 valence electrons. The van der Waals surface area contributed by atoms with Crippen molar-refractivity contribution in [3.05, 3.63) is 53.9 Å². The number of aromatic amines is 1. The minimum absolute atomic E-state index is 0.370. The Kier molecular flexibility index (Phi) is 3.51. The standard InChI is InChI=1S/C15H15N5O/c1-10-5-6-11(8-17-10)9-21-13-4-2-3-12(7-13)14-15(16)19-20-18-14/h2-8H,9H2,1H3,(H3,16,18,19,20). The summed E-state index contributed by atoms with van der Waals surface area (Å²) < 4.78 is 5.77. The van der Waals surface area contributed by atoms with E-state index in [0.717, 1.165) is 22.6 Å². The van der Waals surface area contributed by atoms with E-state index in [9.17, 15) is 0 Å². The normalized spacial score (nSPS) is 10.5. The number of nitrogens with zero attached hydrogens (tertiary/aromatic N) is 3. The molecule has 3 N–H and O–H groups in total. The summed E-state index contributed by atoms with van der Waals surface area (Å²) in [5, 5.41) is 10.4. The Morgan fingerprint density at radius 3 is 2.81 bits per heavy atom. The highest BCUT2D eigenvalue weighted by Crippen LogP contribution is 2.25. The molecule has 0 spiro atoms. The molecule has 2 aromatic heterocycles. The summed E-state index contributed by atoms with van der Waals surface area (Å²) in [7, 11) is 0. The van der Waals surface area contributed by atoms with E-state index in [1.165, 1.54) is 0 Å². The number of ether oxygens (including phenoxy) is 1. The minimum Gasteiger partial charge on any atom is -0.489 e. The van der Waals surface area contributed by atoms with Crippen LogP contribution in [0.5, 0.6) is 5.75 Å². The predicted molar refractivity (Wildman–Crippen MR) is 79.5 cm³/mol. The highest BCUT2D eigenvalue weighted by Gasteiger charge is 2.08. The van der Waals surface area contributed by atoms with Gasteiger partial charge in [-0.05, 0) is 25.1 Å². The van der Waals surface area contributed by atoms with Gasteiger partial charge in [0.05, 0.1) is 0 Å². The molecule has 0 radical (unpaired) electrons. The molecule has 1 aromatic carbocycles. The molecule has 0 aliphatic heterocycles. The first-order chi connectivity index (χ1) is 10.2. The highest BCUT2D eigenvalue weighted by molar-refractivity contribution is 5.70. The molecule has 0 aliphatic rings. The van der Waals surface area contributed by atoms with E-state index in [4.69, 9.17) is 10.5 Å². The Balaban J connectivity index is 1.74. The second kappa shape index (κ2) is 5.62. The molecule has 0 atom stereocenters. The summed E-state index contributed by atoms with van der Waals surface area (Å²) in [6.45, 7) is 2.42. The van der Waals surface area contributed by atoms with E-state index in [1.54, 1.807) is 0 Å². The first kappa shape index (κ1) is 13.1. The van der Waals surface area contributed by atoms with Crippen LogP contribution < -0.4 is 10.5 Å². The molecule has 0 amide bonds. The van der Waals surface area contributed by atoms with Gasteiger partial charge in [0.25, 0.3) is 0 Å². The second-order valence-corrected chi connectivity index (χ2v) is 4.68. The third-order valence-electron chi connectivity index (χ3n) is 3.06. The third kappa shape index (κ3) is 3.00. The number of hydrogen-bond donors (Lipinski definition) is 2. The number of H-pyrrole nitrogens is 1. The highest BCUT2D eigenvalue weighted by atomic mass is 16.5. The Morgan fingerprint density at radius 1 is 1.19 bits per heavy atom. The largest absolute Gasteiger partial charge is 0.489 e. The molecular weight excluding hydrogens is 266 g/mol. The lowest BCUT2D eigenvalue weighted by molar-refractivity contribution is 0.306. The lowest BCUT2D eigenvalue weighted by Gasteiger charge is -2.07. The summed E-state index contributed by atoms with van der Waals surface area (Å²) in [4.78, 5) is 4.24. The Hall–Kier alpha value is -2.89. The van der Waals surface area contributed by atoms with Crippen molar-refractivity contribution in [1.29, 1.82) is 0 Å². The summed E-state index contributed by atoms with van der Waals surface area (Å²) in [6.07, 6.45) is 1.81. The number of anilines is 1. The molecule has 0 saturated carbocycles. The van der Waals surface area contributed by atoms with Gasteiger partial charge in [-0.1, -0.05) is 18.2 Å². The van der Waals surface area contributed by atoms with Crippen molar-refractivity contribution in [2.24, 2.45) is 0 Å². The van der Waals surface area contributed by atoms with E-state index in [1.807, 2.05) is 49.5 Å². The Bertz CT molecular complexity index is 736. The third-order valence-corrected chi connectivity index (χ3v) is 3.06. The molecule has 0 aliphatic carbocycles. The molecule has 0 saturated heterocycles. The number of rotatable bonds is 4. The Labute approximate surface area is 122 Å². The molecule has 0 unspecified atom stereocenters. The molecule has 2 heterocycles. The fourth-order valence-electron chi connectivity index (χ4n) is 1.94. The molecule has 3 aromatic rings. The van der Waals surface area contributed by atoms with Crippen LogP contribution in [0, 0.1) is 6.92 Å². The van der Waals surface area contributed by atoms with Gasteiger partial charge in [0, 0.05) is 23.0 Å². The average Bonchev–Trinajstić information content (AvgIpc) is 2.93. The quantitative estimate of drug-likeness (QED) is 0.766. The lowest BCUT2D eigenvalue weighted by Crippen LogP contribution is -1.97. The predicted octanol–water partition coefficient (Wildman–Crippen LogP) is 2.34. The van der Waals surface area contributed by atoms with Crippen molar-refractivity contribution in [2.75, 3.05) is 5.73 Å². The molecule has 0 bridgehead atoms. The van der Waals surface area contributed by atoms with Crippen LogP contribution in [-0.2, 0) is 6.61 Å². The van der Waals surface area contributed by atoms with Crippen LogP contribution in [-0.4, -0.2) is 20.4 Å². The van der Waals surface area contributed by atoms with Crippen molar-refractivity contribution in [3.63, 3.8) is 0 Å². The molecule has 21 heavy (non-hydrogen) atoms. The SMILES string of the molecule is Cc1ccc(COc2cccc(-c3n[nH]nc3N)c2)cn1. The van der Waals surface area contributed by atoms with Crippen molar-refractivity contribution in [1.82, 2.24) is 20.4 Å². The number of nitrogens with two attached hydrogens (primary N) is 1. The first-order valence-corrected chi connectivity index (χ1v) is 6.53. The number of hydrogen-bond acceptors (Lipinski definition) is 5. The number of nitrogens with one attached hydrogen (secondary N) is 1. The molecule has 0 fully saturated rings. The smallest absolute Gasteiger partial charge is 0.173 e. The summed E-state index contributed by atoms with van der Waals surface area (Å²) in [6, 6.07) is 11.5. The van der Waals surface area contributed by atoms with Crippen LogP contribution in [0.3, 0.4) is 0 Å². The first-order valence-electron chi connectivity index (χ1n) is 6.53. The monoisotopic (exact) mass is 281 g/mol. The number of aromatic nitrogens is 4. The van der Waals surface area contributed by atoms with Gasteiger partial charge in [-0.2, -0.15) is 10.3 Å². The van der Waals surface area contributed by atoms with E-state index in [-0.39, 0.29) is 0 Å². The summed E-state index contributed by atoms with van der Waals surface area (Å²) in [5.41, 5.74) is 9.24.